The van der Waals surface area contributed by atoms with Gasteiger partial charge in [-0.1, -0.05) is 34.5 Å². The van der Waals surface area contributed by atoms with Crippen LogP contribution in [0.25, 0.3) is 0 Å². The van der Waals surface area contributed by atoms with E-state index >= 15 is 0 Å². The molecule has 2 aromatic rings. The monoisotopic (exact) mass is 483 g/mol. The molecule has 0 spiro atoms. The molecule has 148 valence electrons. The van der Waals surface area contributed by atoms with Crippen LogP contribution in [0.5, 0.6) is 0 Å². The second-order valence-electron chi connectivity index (χ2n) is 6.67. The predicted molar refractivity (Wildman–Crippen MR) is 111 cm³/mol. The molecule has 2 heterocycles. The van der Waals surface area contributed by atoms with Crippen LogP contribution in [0.1, 0.15) is 24.8 Å². The molecule has 0 atom stereocenters. The van der Waals surface area contributed by atoms with Crippen LogP contribution < -0.4 is 5.32 Å². The minimum Gasteiger partial charge on any atom is -0.338 e. The molecule has 4 rings (SSSR count). The molecule has 0 amide bonds. The molecule has 1 N–H and O–H groups in total. The van der Waals surface area contributed by atoms with Crippen LogP contribution in [0.15, 0.2) is 61.1 Å². The fourth-order valence-electron chi connectivity index (χ4n) is 3.29. The minimum absolute atomic E-state index is 0.0270. The zero-order chi connectivity index (χ0) is 19.9. The summed E-state index contributed by atoms with van der Waals surface area (Å²) in [6.07, 6.45) is 2.62. The summed E-state index contributed by atoms with van der Waals surface area (Å²) in [6.45, 7) is 0.909. The maximum Gasteiger partial charge on any atom is 0.286 e. The molecule has 7 nitrogen and oxygen atoms in total. The predicted octanol–water partition coefficient (Wildman–Crippen LogP) is 3.18. The zero-order valence-electron chi connectivity index (χ0n) is 14.8. The Hall–Kier alpha value is -1.75. The summed E-state index contributed by atoms with van der Waals surface area (Å²) in [5.41, 5.74) is 0.924. The van der Waals surface area contributed by atoms with E-state index in [2.05, 4.69) is 25.6 Å². The van der Waals surface area contributed by atoms with Crippen LogP contribution in [0.4, 0.5) is 5.69 Å². The average molecular weight is 484 g/mol. The van der Waals surface area contributed by atoms with Crippen molar-refractivity contribution in [2.45, 2.75) is 29.1 Å². The highest BCUT2D eigenvalue weighted by atomic mass is 79.9. The van der Waals surface area contributed by atoms with E-state index in [1.165, 1.54) is 22.5 Å². The van der Waals surface area contributed by atoms with Gasteiger partial charge in [0.1, 0.15) is 4.90 Å². The van der Waals surface area contributed by atoms with Crippen LogP contribution in [-0.4, -0.2) is 40.1 Å². The lowest BCUT2D eigenvalue weighted by atomic mass is 10.2. The average Bonchev–Trinajstić information content (AvgIpc) is 2.68. The fourth-order valence-corrected chi connectivity index (χ4v) is 6.33. The number of piperidine rings is 1. The second kappa shape index (κ2) is 7.25. The summed E-state index contributed by atoms with van der Waals surface area (Å²) in [4.78, 5) is -0.160. The Bertz CT molecular complexity index is 1150. The molecule has 0 aromatic heterocycles. The Labute approximate surface area is 172 Å². The Morgan fingerprint density at radius 2 is 1.68 bits per heavy atom. The minimum atomic E-state index is -4.03. The number of hydrogen-bond acceptors (Lipinski definition) is 5. The van der Waals surface area contributed by atoms with E-state index in [1.807, 2.05) is 0 Å². The van der Waals surface area contributed by atoms with E-state index < -0.39 is 20.0 Å². The van der Waals surface area contributed by atoms with Crippen LogP contribution in [0, 0.1) is 0 Å². The lowest BCUT2D eigenvalue weighted by Crippen LogP contribution is -2.35. The van der Waals surface area contributed by atoms with Crippen LogP contribution in [0.2, 0.25) is 0 Å². The largest absolute Gasteiger partial charge is 0.338 e. The van der Waals surface area contributed by atoms with Gasteiger partial charge in [0, 0.05) is 23.1 Å². The number of nitrogens with one attached hydrogen (secondary N) is 1. The van der Waals surface area contributed by atoms with Crippen molar-refractivity contribution < 1.29 is 16.8 Å². The lowest BCUT2D eigenvalue weighted by Gasteiger charge is -2.26. The second-order valence-corrected chi connectivity index (χ2v) is 11.1. The van der Waals surface area contributed by atoms with Gasteiger partial charge in [0.2, 0.25) is 10.0 Å². The van der Waals surface area contributed by atoms with Gasteiger partial charge < -0.3 is 5.32 Å². The third kappa shape index (κ3) is 3.61. The quantitative estimate of drug-likeness (QED) is 0.722. The number of sulfonamides is 2. The molecule has 1 saturated heterocycles. The number of hydrogen-bond donors (Lipinski definition) is 1. The van der Waals surface area contributed by atoms with E-state index in [0.717, 1.165) is 23.7 Å². The number of benzene rings is 2. The van der Waals surface area contributed by atoms with Crippen molar-refractivity contribution in [1.82, 2.24) is 4.31 Å². The third-order valence-corrected chi connectivity index (χ3v) is 8.51. The molecule has 2 aromatic carbocycles. The van der Waals surface area contributed by atoms with Crippen molar-refractivity contribution in [1.29, 1.82) is 0 Å². The Balaban J connectivity index is 1.72. The summed E-state index contributed by atoms with van der Waals surface area (Å²) < 4.78 is 57.3. The number of halogens is 1. The fraction of sp³-hybridized carbons (Fsp3) is 0.278. The van der Waals surface area contributed by atoms with Crippen molar-refractivity contribution in [3.63, 3.8) is 0 Å². The molecule has 28 heavy (non-hydrogen) atoms. The molecule has 0 bridgehead atoms. The third-order valence-electron chi connectivity index (χ3n) is 4.77. The van der Waals surface area contributed by atoms with Gasteiger partial charge in [-0.2, -0.15) is 12.7 Å². The summed E-state index contributed by atoms with van der Waals surface area (Å²) in [6, 6.07) is 11.2. The number of nitrogens with zero attached hydrogens (tertiary/aromatic N) is 2. The number of fused-ring (bicyclic) bond motifs is 1. The highest BCUT2D eigenvalue weighted by Gasteiger charge is 2.31. The van der Waals surface area contributed by atoms with E-state index in [1.54, 1.807) is 24.3 Å². The number of rotatable bonds is 3. The molecule has 0 aliphatic carbocycles. The topological polar surface area (TPSA) is 95.9 Å². The number of anilines is 1. The highest BCUT2D eigenvalue weighted by Crippen LogP contribution is 2.32. The maximum absolute atomic E-state index is 12.9. The van der Waals surface area contributed by atoms with Crippen molar-refractivity contribution in [3.05, 3.63) is 52.5 Å². The van der Waals surface area contributed by atoms with Gasteiger partial charge in [0.25, 0.3) is 10.0 Å². The van der Waals surface area contributed by atoms with E-state index in [-0.39, 0.29) is 15.6 Å². The first-order valence-electron chi connectivity index (χ1n) is 8.79. The lowest BCUT2D eigenvalue weighted by molar-refractivity contribution is 0.346. The number of amidine groups is 1. The van der Waals surface area contributed by atoms with Gasteiger partial charge in [0.15, 0.2) is 5.84 Å². The zero-order valence-corrected chi connectivity index (χ0v) is 18.0. The smallest absolute Gasteiger partial charge is 0.286 e. The first-order valence-corrected chi connectivity index (χ1v) is 12.5. The van der Waals surface area contributed by atoms with Crippen LogP contribution in [0.3, 0.4) is 0 Å². The molecular formula is C18H18BrN3O4S2. The Morgan fingerprint density at radius 1 is 1.00 bits per heavy atom. The molecule has 0 radical (unpaired) electrons. The van der Waals surface area contributed by atoms with Gasteiger partial charge in [0.05, 0.1) is 10.6 Å². The summed E-state index contributed by atoms with van der Waals surface area (Å²) >= 11 is 3.34. The van der Waals surface area contributed by atoms with Gasteiger partial charge in [-0.25, -0.2) is 8.42 Å². The van der Waals surface area contributed by atoms with Crippen LogP contribution >= 0.6 is 15.9 Å². The first-order chi connectivity index (χ1) is 13.3. The molecule has 2 aliphatic rings. The van der Waals surface area contributed by atoms with Crippen LogP contribution in [-0.2, 0) is 20.0 Å². The van der Waals surface area contributed by atoms with Gasteiger partial charge in [-0.05, 0) is 43.2 Å². The van der Waals surface area contributed by atoms with Crippen molar-refractivity contribution >= 4 is 47.5 Å². The van der Waals surface area contributed by atoms with Gasteiger partial charge in [-0.3, -0.25) is 0 Å². The Kier molecular flexibility index (Phi) is 5.07. The summed E-state index contributed by atoms with van der Waals surface area (Å²) in [5.74, 6) is 0.201. The van der Waals surface area contributed by atoms with E-state index in [0.29, 0.717) is 24.3 Å². The summed E-state index contributed by atoms with van der Waals surface area (Å²) in [7, 11) is -7.76. The molecule has 10 heteroatoms. The molecular weight excluding hydrogens is 466 g/mol. The maximum atomic E-state index is 12.9. The van der Waals surface area contributed by atoms with Crippen molar-refractivity contribution in [2.75, 3.05) is 18.4 Å². The van der Waals surface area contributed by atoms with Crippen molar-refractivity contribution in [3.8, 4) is 0 Å². The first kappa shape index (κ1) is 19.6. The standard InChI is InChI=1S/C18H18BrN3O4S2/c19-14-6-4-13(5-7-14)18-20-16-9-8-15(12-17(16)27(23,24)21-18)28(25,26)22-10-2-1-3-11-22/h4-9,12H,1-3,10-11H2,(H,20,21). The molecule has 2 aliphatic heterocycles. The normalized spacial score (nSPS) is 19.4. The Morgan fingerprint density at radius 3 is 2.36 bits per heavy atom. The van der Waals surface area contributed by atoms with Gasteiger partial charge >= 0.3 is 0 Å². The summed E-state index contributed by atoms with van der Waals surface area (Å²) in [5, 5.41) is 2.99. The highest BCUT2D eigenvalue weighted by molar-refractivity contribution is 9.10. The van der Waals surface area contributed by atoms with E-state index in [4.69, 9.17) is 0 Å². The molecule has 1 fully saturated rings. The SMILES string of the molecule is O=S1(=O)N=C(c2ccc(Br)cc2)Nc2ccc(S(=O)(=O)N3CCCCC3)cc21. The molecule has 0 unspecified atom stereocenters. The van der Waals surface area contributed by atoms with E-state index in [9.17, 15) is 16.8 Å². The molecule has 0 saturated carbocycles. The van der Waals surface area contributed by atoms with Gasteiger partial charge in [-0.15, -0.1) is 4.40 Å². The van der Waals surface area contributed by atoms with Crippen molar-refractivity contribution in [2.24, 2.45) is 4.40 Å².